The van der Waals surface area contributed by atoms with Crippen LogP contribution in [0.3, 0.4) is 0 Å². The van der Waals surface area contributed by atoms with E-state index in [0.717, 1.165) is 0 Å². The van der Waals surface area contributed by atoms with Crippen LogP contribution in [0.1, 0.15) is 24.4 Å². The average molecular weight is 331 g/mol. The number of hydrogen-bond donors (Lipinski definition) is 2. The van der Waals surface area contributed by atoms with Gasteiger partial charge in [0.05, 0.1) is 5.57 Å². The number of amidine groups is 1. The number of nitrogens with zero attached hydrogens (tertiary/aromatic N) is 3. The van der Waals surface area contributed by atoms with Gasteiger partial charge in [0.2, 0.25) is 0 Å². The number of carbonyl (C=O) groups is 1. The molecule has 1 aliphatic rings. The normalized spacial score (nSPS) is 17.7. The highest BCUT2D eigenvalue weighted by Crippen LogP contribution is 2.35. The van der Waals surface area contributed by atoms with Gasteiger partial charge in [-0.25, -0.2) is 9.78 Å². The van der Waals surface area contributed by atoms with E-state index < -0.39 is 12.0 Å². The Balaban J connectivity index is 2.16. The van der Waals surface area contributed by atoms with Crippen LogP contribution in [0.4, 0.5) is 0 Å². The third-order valence-electron chi connectivity index (χ3n) is 3.70. The van der Waals surface area contributed by atoms with E-state index in [1.54, 1.807) is 37.5 Å². The van der Waals surface area contributed by atoms with Crippen molar-refractivity contribution in [1.82, 2.24) is 14.9 Å². The molecular weight excluding hydrogens is 316 g/mol. The Labute approximate surface area is 138 Å². The zero-order valence-corrected chi connectivity index (χ0v) is 13.4. The maximum absolute atomic E-state index is 11.7. The van der Waals surface area contributed by atoms with Gasteiger partial charge in [-0.2, -0.15) is 0 Å². The van der Waals surface area contributed by atoms with Crippen LogP contribution in [0.25, 0.3) is 0 Å². The summed E-state index contributed by atoms with van der Waals surface area (Å²) in [6.07, 6.45) is 3.46. The number of aliphatic imine (C=N–C) groups is 1. The third kappa shape index (κ3) is 2.73. The van der Waals surface area contributed by atoms with Gasteiger partial charge >= 0.3 is 5.97 Å². The molecule has 2 N–H and O–H groups in total. The van der Waals surface area contributed by atoms with Crippen LogP contribution in [0.2, 0.25) is 5.02 Å². The van der Waals surface area contributed by atoms with E-state index in [1.165, 1.54) is 0 Å². The molecule has 0 aliphatic carbocycles. The predicted octanol–water partition coefficient (Wildman–Crippen LogP) is 2.52. The van der Waals surface area contributed by atoms with E-state index in [1.807, 2.05) is 17.7 Å². The van der Waals surface area contributed by atoms with E-state index in [2.05, 4.69) is 15.3 Å². The summed E-state index contributed by atoms with van der Waals surface area (Å²) in [7, 11) is 1.85. The molecule has 2 aromatic rings. The number of allylic oxidation sites excluding steroid dienone is 1. The molecular formula is C16H15ClN4O2. The van der Waals surface area contributed by atoms with Gasteiger partial charge in [0.1, 0.15) is 6.04 Å². The smallest absolute Gasteiger partial charge is 0.335 e. The largest absolute Gasteiger partial charge is 0.478 e. The fourth-order valence-electron chi connectivity index (χ4n) is 2.58. The molecule has 1 aromatic heterocycles. The standard InChI is InChI=1S/C16H15ClN4O2/c1-9-12(16(22)23)13(10-5-3-4-6-11(10)17)20-14(19-9)15-18-7-8-21(15)2/h3-8,13H,1-2H3,(H,19,20)(H,22,23). The Morgan fingerprint density at radius 1 is 1.39 bits per heavy atom. The SMILES string of the molecule is CC1=C(C(=O)O)C(c2ccccc2Cl)N=C(c2nccn2C)N1. The van der Waals surface area contributed by atoms with Crippen molar-refractivity contribution in [2.45, 2.75) is 13.0 Å². The number of benzene rings is 1. The molecule has 0 amide bonds. The van der Waals surface area contributed by atoms with Crippen LogP contribution < -0.4 is 5.32 Å². The summed E-state index contributed by atoms with van der Waals surface area (Å²) in [4.78, 5) is 20.5. The topological polar surface area (TPSA) is 79.5 Å². The average Bonchev–Trinajstić information content (AvgIpc) is 2.92. The Hall–Kier alpha value is -2.60. The van der Waals surface area contributed by atoms with Crippen LogP contribution in [-0.2, 0) is 11.8 Å². The molecule has 1 aromatic carbocycles. The monoisotopic (exact) mass is 330 g/mol. The van der Waals surface area contributed by atoms with E-state index in [4.69, 9.17) is 11.6 Å². The van der Waals surface area contributed by atoms with E-state index >= 15 is 0 Å². The number of hydrogen-bond acceptors (Lipinski definition) is 4. The van der Waals surface area contributed by atoms with Gasteiger partial charge in [0, 0.05) is 35.7 Å². The van der Waals surface area contributed by atoms with Gasteiger partial charge in [-0.15, -0.1) is 0 Å². The van der Waals surface area contributed by atoms with Crippen molar-refractivity contribution < 1.29 is 9.90 Å². The molecule has 6 nitrogen and oxygen atoms in total. The Bertz CT molecular complexity index is 838. The lowest BCUT2D eigenvalue weighted by Crippen LogP contribution is -2.33. The van der Waals surface area contributed by atoms with Crippen molar-refractivity contribution in [1.29, 1.82) is 0 Å². The first-order chi connectivity index (χ1) is 11.0. The second-order valence-electron chi connectivity index (χ2n) is 5.23. The fourth-order valence-corrected chi connectivity index (χ4v) is 2.82. The number of nitrogens with one attached hydrogen (secondary N) is 1. The molecule has 0 spiro atoms. The number of rotatable bonds is 3. The van der Waals surface area contributed by atoms with Crippen molar-refractivity contribution in [2.24, 2.45) is 12.0 Å². The number of aromatic nitrogens is 2. The Morgan fingerprint density at radius 3 is 2.74 bits per heavy atom. The zero-order chi connectivity index (χ0) is 16.6. The lowest BCUT2D eigenvalue weighted by atomic mass is 9.96. The quantitative estimate of drug-likeness (QED) is 0.906. The number of carboxylic acid groups (broad SMARTS) is 1. The van der Waals surface area contributed by atoms with Crippen molar-refractivity contribution in [3.05, 3.63) is 64.3 Å². The maximum atomic E-state index is 11.7. The first kappa shape index (κ1) is 15.3. The second kappa shape index (κ2) is 5.89. The fraction of sp³-hybridized carbons (Fsp3) is 0.188. The summed E-state index contributed by atoms with van der Waals surface area (Å²) < 4.78 is 1.81. The van der Waals surface area contributed by atoms with Crippen molar-refractivity contribution in [3.8, 4) is 0 Å². The number of aliphatic carboxylic acids is 1. The van der Waals surface area contributed by atoms with Gasteiger partial charge in [-0.3, -0.25) is 4.99 Å². The van der Waals surface area contributed by atoms with E-state index in [0.29, 0.717) is 27.9 Å². The number of carboxylic acids is 1. The highest BCUT2D eigenvalue weighted by molar-refractivity contribution is 6.31. The van der Waals surface area contributed by atoms with Crippen LogP contribution >= 0.6 is 11.6 Å². The second-order valence-corrected chi connectivity index (χ2v) is 5.64. The summed E-state index contributed by atoms with van der Waals surface area (Å²) >= 11 is 6.25. The molecule has 7 heteroatoms. The molecule has 1 unspecified atom stereocenters. The molecule has 118 valence electrons. The third-order valence-corrected chi connectivity index (χ3v) is 4.05. The minimum Gasteiger partial charge on any atom is -0.478 e. The van der Waals surface area contributed by atoms with Crippen LogP contribution in [-0.4, -0.2) is 26.5 Å². The minimum absolute atomic E-state index is 0.177. The molecule has 0 saturated heterocycles. The summed E-state index contributed by atoms with van der Waals surface area (Å²) in [5, 5.41) is 13.1. The molecule has 0 radical (unpaired) electrons. The molecule has 1 atom stereocenters. The van der Waals surface area contributed by atoms with Crippen LogP contribution in [0.15, 0.2) is 52.9 Å². The van der Waals surface area contributed by atoms with E-state index in [-0.39, 0.29) is 5.57 Å². The summed E-state index contributed by atoms with van der Waals surface area (Å²) in [5.74, 6) is 0.123. The Kier molecular flexibility index (Phi) is 3.92. The summed E-state index contributed by atoms with van der Waals surface area (Å²) in [6.45, 7) is 1.71. The minimum atomic E-state index is -1.03. The van der Waals surface area contributed by atoms with Gasteiger partial charge in [0.25, 0.3) is 0 Å². The molecule has 0 fully saturated rings. The first-order valence-electron chi connectivity index (χ1n) is 7.00. The van der Waals surface area contributed by atoms with E-state index in [9.17, 15) is 9.90 Å². The Morgan fingerprint density at radius 2 is 2.13 bits per heavy atom. The summed E-state index contributed by atoms with van der Waals surface area (Å²) in [6, 6.07) is 6.44. The maximum Gasteiger partial charge on any atom is 0.335 e. The highest BCUT2D eigenvalue weighted by atomic mass is 35.5. The lowest BCUT2D eigenvalue weighted by Gasteiger charge is -2.25. The predicted molar refractivity (Wildman–Crippen MR) is 87.4 cm³/mol. The van der Waals surface area contributed by atoms with Gasteiger partial charge in [-0.1, -0.05) is 29.8 Å². The molecule has 0 bridgehead atoms. The molecule has 0 saturated carbocycles. The van der Waals surface area contributed by atoms with Crippen LogP contribution in [0, 0.1) is 0 Å². The molecule has 23 heavy (non-hydrogen) atoms. The lowest BCUT2D eigenvalue weighted by molar-refractivity contribution is -0.133. The molecule has 2 heterocycles. The van der Waals surface area contributed by atoms with Gasteiger partial charge in [-0.05, 0) is 13.0 Å². The first-order valence-corrected chi connectivity index (χ1v) is 7.38. The van der Waals surface area contributed by atoms with Crippen molar-refractivity contribution in [2.75, 3.05) is 0 Å². The number of halogens is 1. The van der Waals surface area contributed by atoms with Gasteiger partial charge < -0.3 is 15.0 Å². The zero-order valence-electron chi connectivity index (χ0n) is 12.6. The van der Waals surface area contributed by atoms with Crippen molar-refractivity contribution >= 4 is 23.4 Å². The van der Waals surface area contributed by atoms with Gasteiger partial charge in [0.15, 0.2) is 11.7 Å². The number of aryl methyl sites for hydroxylation is 1. The number of imidazole rings is 1. The molecule has 3 rings (SSSR count). The van der Waals surface area contributed by atoms with Crippen LogP contribution in [0.5, 0.6) is 0 Å². The van der Waals surface area contributed by atoms with Crippen molar-refractivity contribution in [3.63, 3.8) is 0 Å². The summed E-state index contributed by atoms with van der Waals surface area (Å²) in [5.41, 5.74) is 1.35. The highest BCUT2D eigenvalue weighted by Gasteiger charge is 2.31. The molecule has 1 aliphatic heterocycles.